The van der Waals surface area contributed by atoms with E-state index in [0.29, 0.717) is 25.2 Å². The molecule has 1 atom stereocenters. The first kappa shape index (κ1) is 22.2. The number of nitrogens with one attached hydrogen (secondary N) is 1. The van der Waals surface area contributed by atoms with E-state index in [4.69, 9.17) is 9.47 Å². The second-order valence-corrected chi connectivity index (χ2v) is 9.15. The minimum absolute atomic E-state index is 0.0302. The summed E-state index contributed by atoms with van der Waals surface area (Å²) in [7, 11) is 1.35. The van der Waals surface area contributed by atoms with Gasteiger partial charge in [0, 0.05) is 24.5 Å². The Labute approximate surface area is 176 Å². The van der Waals surface area contributed by atoms with Crippen molar-refractivity contribution in [3.8, 4) is 5.75 Å². The number of carbonyl (C=O) groups is 2. The summed E-state index contributed by atoms with van der Waals surface area (Å²) in [6, 6.07) is 1.40. The van der Waals surface area contributed by atoms with Gasteiger partial charge in [0.05, 0.1) is 18.4 Å². The molecule has 1 aliphatic carbocycles. The highest BCUT2D eigenvalue weighted by molar-refractivity contribution is 5.90. The third kappa shape index (κ3) is 4.32. The van der Waals surface area contributed by atoms with E-state index in [2.05, 4.69) is 5.32 Å². The van der Waals surface area contributed by atoms with Crippen LogP contribution in [0.25, 0.3) is 0 Å². The summed E-state index contributed by atoms with van der Waals surface area (Å²) >= 11 is 0. The molecule has 166 valence electrons. The second-order valence-electron chi connectivity index (χ2n) is 9.15. The van der Waals surface area contributed by atoms with Gasteiger partial charge in [0.2, 0.25) is 0 Å². The predicted molar refractivity (Wildman–Crippen MR) is 111 cm³/mol. The lowest BCUT2D eigenvalue weighted by Gasteiger charge is -2.29. The number of ether oxygens (including phenoxy) is 2. The number of hydrogen-bond donors (Lipinski definition) is 2. The Morgan fingerprint density at radius 2 is 2.03 bits per heavy atom. The van der Waals surface area contributed by atoms with Crippen LogP contribution in [-0.4, -0.2) is 48.5 Å². The van der Waals surface area contributed by atoms with E-state index in [1.807, 2.05) is 32.6 Å². The molecule has 1 aromatic carbocycles. The number of carbonyl (C=O) groups excluding carboxylic acids is 1. The number of carboxylic acid groups (broad SMARTS) is 1. The van der Waals surface area contributed by atoms with Gasteiger partial charge in [0.15, 0.2) is 11.6 Å². The van der Waals surface area contributed by atoms with Gasteiger partial charge in [-0.25, -0.2) is 14.0 Å². The standard InChI is InChI=1S/C22H31FN2O5/c1-6-13-11-15(19(26)27)16(23)18(29-5)17(13)25-10-7-14(12-25)22(8-9-22)24-20(28)30-21(2,3)4/h11,14H,6-10,12H2,1-5H3,(H,24,28)(H,26,27)/t14-/m1/s1. The van der Waals surface area contributed by atoms with Crippen LogP contribution >= 0.6 is 0 Å². The van der Waals surface area contributed by atoms with E-state index in [1.165, 1.54) is 13.2 Å². The molecule has 3 rings (SSSR count). The molecular formula is C22H31FN2O5. The minimum Gasteiger partial charge on any atom is -0.492 e. The van der Waals surface area contributed by atoms with E-state index in [0.717, 1.165) is 24.8 Å². The molecule has 0 bridgehead atoms. The summed E-state index contributed by atoms with van der Waals surface area (Å²) in [5.41, 5.74) is 0.105. The van der Waals surface area contributed by atoms with Gasteiger partial charge >= 0.3 is 12.1 Å². The van der Waals surface area contributed by atoms with Crippen molar-refractivity contribution in [2.45, 2.75) is 64.5 Å². The first-order valence-electron chi connectivity index (χ1n) is 10.4. The average molecular weight is 422 g/mol. The zero-order valence-electron chi connectivity index (χ0n) is 18.3. The van der Waals surface area contributed by atoms with Crippen LogP contribution in [0.2, 0.25) is 0 Å². The smallest absolute Gasteiger partial charge is 0.408 e. The molecule has 1 aliphatic heterocycles. The minimum atomic E-state index is -1.31. The van der Waals surface area contributed by atoms with Crippen molar-refractivity contribution < 1.29 is 28.6 Å². The first-order valence-corrected chi connectivity index (χ1v) is 10.4. The number of anilines is 1. The molecule has 0 unspecified atom stereocenters. The molecule has 1 heterocycles. The fraction of sp³-hybridized carbons (Fsp3) is 0.636. The van der Waals surface area contributed by atoms with Gasteiger partial charge in [-0.1, -0.05) is 6.92 Å². The highest BCUT2D eigenvalue weighted by atomic mass is 19.1. The zero-order valence-corrected chi connectivity index (χ0v) is 18.3. The number of hydrogen-bond acceptors (Lipinski definition) is 5. The lowest BCUT2D eigenvalue weighted by atomic mass is 9.96. The van der Waals surface area contributed by atoms with Gasteiger partial charge in [0.25, 0.3) is 0 Å². The molecule has 2 fully saturated rings. The summed E-state index contributed by atoms with van der Waals surface area (Å²) in [6.45, 7) is 8.70. The summed E-state index contributed by atoms with van der Waals surface area (Å²) in [4.78, 5) is 25.8. The highest BCUT2D eigenvalue weighted by Crippen LogP contribution is 2.48. The molecule has 2 aliphatic rings. The fourth-order valence-corrected chi connectivity index (χ4v) is 4.33. The molecule has 0 aromatic heterocycles. The molecule has 1 amide bonds. The van der Waals surface area contributed by atoms with Gasteiger partial charge in [-0.2, -0.15) is 0 Å². The number of nitrogens with zero attached hydrogens (tertiary/aromatic N) is 1. The number of aromatic carboxylic acids is 1. The van der Waals surface area contributed by atoms with Crippen LogP contribution in [0, 0.1) is 11.7 Å². The molecule has 1 aromatic rings. The average Bonchev–Trinajstić information content (AvgIpc) is 3.24. The Morgan fingerprint density at radius 1 is 1.37 bits per heavy atom. The SMILES string of the molecule is CCc1cc(C(=O)O)c(F)c(OC)c1N1CC[C@@H](C2(NC(=O)OC(C)(C)C)CC2)C1. The Hall–Kier alpha value is -2.51. The largest absolute Gasteiger partial charge is 0.492 e. The van der Waals surface area contributed by atoms with E-state index < -0.39 is 23.5 Å². The monoisotopic (exact) mass is 422 g/mol. The maximum atomic E-state index is 14.8. The number of amides is 1. The number of methoxy groups -OCH3 is 1. The number of alkyl carbamates (subject to hydrolysis) is 1. The quantitative estimate of drug-likeness (QED) is 0.721. The normalized spacial score (nSPS) is 20.1. The summed E-state index contributed by atoms with van der Waals surface area (Å²) in [6.07, 6.45) is 2.74. The van der Waals surface area contributed by atoms with E-state index in [-0.39, 0.29) is 22.8 Å². The molecule has 1 saturated heterocycles. The molecule has 1 saturated carbocycles. The Bertz CT molecular complexity index is 845. The lowest BCUT2D eigenvalue weighted by Crippen LogP contribution is -2.45. The maximum Gasteiger partial charge on any atom is 0.408 e. The van der Waals surface area contributed by atoms with Gasteiger partial charge in [-0.05, 0) is 58.1 Å². The summed E-state index contributed by atoms with van der Waals surface area (Å²) < 4.78 is 25.5. The number of rotatable bonds is 6. The van der Waals surface area contributed by atoms with E-state index >= 15 is 0 Å². The summed E-state index contributed by atoms with van der Waals surface area (Å²) in [5, 5.41) is 12.4. The molecule has 30 heavy (non-hydrogen) atoms. The molecule has 0 radical (unpaired) electrons. The third-order valence-corrected chi connectivity index (χ3v) is 5.91. The summed E-state index contributed by atoms with van der Waals surface area (Å²) in [5.74, 6) is -2.00. The number of benzene rings is 1. The van der Waals surface area contributed by atoms with Crippen LogP contribution in [0.1, 0.15) is 62.9 Å². The van der Waals surface area contributed by atoms with Crippen molar-refractivity contribution in [3.63, 3.8) is 0 Å². The lowest BCUT2D eigenvalue weighted by molar-refractivity contribution is 0.0477. The van der Waals surface area contributed by atoms with Crippen LogP contribution in [-0.2, 0) is 11.2 Å². The topological polar surface area (TPSA) is 88.1 Å². The van der Waals surface area contributed by atoms with Crippen molar-refractivity contribution in [1.82, 2.24) is 5.32 Å². The third-order valence-electron chi connectivity index (χ3n) is 5.91. The van der Waals surface area contributed by atoms with Crippen LogP contribution in [0.5, 0.6) is 5.75 Å². The highest BCUT2D eigenvalue weighted by Gasteiger charge is 2.53. The Balaban J connectivity index is 1.82. The fourth-order valence-electron chi connectivity index (χ4n) is 4.33. The van der Waals surface area contributed by atoms with Gasteiger partial charge in [0.1, 0.15) is 5.60 Å². The van der Waals surface area contributed by atoms with Crippen molar-refractivity contribution in [2.75, 3.05) is 25.1 Å². The number of halogens is 1. The van der Waals surface area contributed by atoms with Crippen LogP contribution in [0.15, 0.2) is 6.07 Å². The maximum absolute atomic E-state index is 14.8. The van der Waals surface area contributed by atoms with E-state index in [9.17, 15) is 19.1 Å². The molecule has 8 heteroatoms. The number of carboxylic acids is 1. The van der Waals surface area contributed by atoms with Gasteiger partial charge in [-0.3, -0.25) is 0 Å². The molecule has 7 nitrogen and oxygen atoms in total. The van der Waals surface area contributed by atoms with Crippen molar-refractivity contribution in [2.24, 2.45) is 5.92 Å². The van der Waals surface area contributed by atoms with Crippen LogP contribution < -0.4 is 15.0 Å². The van der Waals surface area contributed by atoms with Gasteiger partial charge in [-0.15, -0.1) is 0 Å². The zero-order chi connectivity index (χ0) is 22.3. The van der Waals surface area contributed by atoms with Gasteiger partial charge < -0.3 is 24.8 Å². The Kier molecular flexibility index (Phi) is 5.89. The van der Waals surface area contributed by atoms with E-state index in [1.54, 1.807) is 0 Å². The second kappa shape index (κ2) is 7.96. The van der Waals surface area contributed by atoms with Crippen molar-refractivity contribution in [1.29, 1.82) is 0 Å². The predicted octanol–water partition coefficient (Wildman–Crippen LogP) is 3.98. The molecule has 0 spiro atoms. The van der Waals surface area contributed by atoms with Crippen molar-refractivity contribution >= 4 is 17.7 Å². The number of aryl methyl sites for hydroxylation is 1. The first-order chi connectivity index (χ1) is 14.0. The molecular weight excluding hydrogens is 391 g/mol. The van der Waals surface area contributed by atoms with Crippen molar-refractivity contribution in [3.05, 3.63) is 23.0 Å². The molecule has 2 N–H and O–H groups in total. The van der Waals surface area contributed by atoms with Crippen LogP contribution in [0.4, 0.5) is 14.9 Å². The van der Waals surface area contributed by atoms with Crippen LogP contribution in [0.3, 0.4) is 0 Å². The Morgan fingerprint density at radius 3 is 2.53 bits per heavy atom.